The Hall–Kier alpha value is -4.37. The summed E-state index contributed by atoms with van der Waals surface area (Å²) in [5, 5.41) is 3.01. The SMILES string of the molecule is CC/C=C\C/C=C\C/C=C\C/C=C\C/C=C\C/C=C\CCCCCCC(=O)NC(COP(=O)([O-])OCC[N+](C)(C)C)C(/C=C/CCCCCCCCCCC)OC(=O)CCCCCC/C=C\C/C=C\C/C=C\C/C=C\C/C=C\C/C=C\CC. The first-order valence-electron chi connectivity index (χ1n) is 32.8. The Bertz CT molecular complexity index is 1980. The topological polar surface area (TPSA) is 114 Å². The first-order chi connectivity index (χ1) is 40.4. The van der Waals surface area contributed by atoms with Crippen LogP contribution in [-0.4, -0.2) is 69.4 Å². The molecule has 0 aliphatic heterocycles. The molecular weight excluding hydrogens is 1050 g/mol. The zero-order chi connectivity index (χ0) is 60.7. The first kappa shape index (κ1) is 78.6. The van der Waals surface area contributed by atoms with E-state index in [1.165, 1.54) is 44.9 Å². The molecule has 9 nitrogen and oxygen atoms in total. The fourth-order valence-corrected chi connectivity index (χ4v) is 9.19. The molecule has 1 N–H and O–H groups in total. The smallest absolute Gasteiger partial charge is 0.306 e. The van der Waals surface area contributed by atoms with E-state index < -0.39 is 26.6 Å². The predicted octanol–water partition coefficient (Wildman–Crippen LogP) is 20.1. The highest BCUT2D eigenvalue weighted by Crippen LogP contribution is 2.38. The lowest BCUT2D eigenvalue weighted by molar-refractivity contribution is -0.870. The fourth-order valence-electron chi connectivity index (χ4n) is 8.47. The Morgan fingerprint density at radius 2 is 0.771 bits per heavy atom. The van der Waals surface area contributed by atoms with Crippen molar-refractivity contribution in [2.45, 2.75) is 251 Å². The maximum absolute atomic E-state index is 13.6. The lowest BCUT2D eigenvalue weighted by Crippen LogP contribution is -2.47. The van der Waals surface area contributed by atoms with Crippen molar-refractivity contribution in [2.24, 2.45) is 0 Å². The summed E-state index contributed by atoms with van der Waals surface area (Å²) in [6.45, 7) is 6.55. The van der Waals surface area contributed by atoms with Crippen LogP contribution in [0.1, 0.15) is 239 Å². The van der Waals surface area contributed by atoms with Crippen LogP contribution < -0.4 is 10.2 Å². The standard InChI is InChI=1S/C73H121N2O7P/c1-7-10-13-16-19-22-25-27-29-31-33-35-37-39-41-43-45-47-50-53-56-59-62-65-72(76)74-70(69-81-83(78,79)80-68-67-75(4,5)6)71(64-61-58-55-52-49-24-21-18-15-12-9-3)82-73(77)66-63-60-57-54-51-48-46-44-42-40-38-36-34-32-30-28-26-23-20-17-14-11-8-2/h10-11,13-14,19-20,22-23,27-30,33-36,39-42,45-48,61,64,70-71H,7-9,12,15-18,21,24-26,31-32,37-38,43-44,49-60,62-63,65-69H2,1-6H3,(H-,74,76,78,79)/b13-10-,14-11-,22-19-,23-20-,29-27-,30-28-,35-33-,36-34-,41-39-,42-40-,47-45-,48-46-,64-61+. The second-order valence-corrected chi connectivity index (χ2v) is 23.9. The predicted molar refractivity (Wildman–Crippen MR) is 357 cm³/mol. The summed E-state index contributed by atoms with van der Waals surface area (Å²) in [6, 6.07) is -0.926. The number of hydrogen-bond acceptors (Lipinski definition) is 7. The van der Waals surface area contributed by atoms with Crippen molar-refractivity contribution in [2.75, 3.05) is 40.9 Å². The van der Waals surface area contributed by atoms with Crippen LogP contribution in [0.5, 0.6) is 0 Å². The Labute approximate surface area is 510 Å². The van der Waals surface area contributed by atoms with Gasteiger partial charge in [-0.3, -0.25) is 14.2 Å². The number of nitrogens with zero attached hydrogens (tertiary/aromatic N) is 1. The lowest BCUT2D eigenvalue weighted by atomic mass is 10.1. The van der Waals surface area contributed by atoms with E-state index in [4.69, 9.17) is 13.8 Å². The number of esters is 1. The Morgan fingerprint density at radius 3 is 1.16 bits per heavy atom. The average molecular weight is 1170 g/mol. The third-order valence-electron chi connectivity index (χ3n) is 13.5. The summed E-state index contributed by atoms with van der Waals surface area (Å²) in [4.78, 5) is 40.1. The number of ether oxygens (including phenoxy) is 1. The molecule has 0 bridgehead atoms. The van der Waals surface area contributed by atoms with Gasteiger partial charge in [-0.15, -0.1) is 0 Å². The minimum absolute atomic E-state index is 0.0418. The van der Waals surface area contributed by atoms with Gasteiger partial charge in [-0.2, -0.15) is 0 Å². The number of hydrogen-bond donors (Lipinski definition) is 1. The number of quaternary nitrogens is 1. The van der Waals surface area contributed by atoms with E-state index in [0.717, 1.165) is 148 Å². The van der Waals surface area contributed by atoms with Gasteiger partial charge in [0.1, 0.15) is 19.3 Å². The van der Waals surface area contributed by atoms with Gasteiger partial charge in [0.2, 0.25) is 5.91 Å². The average Bonchev–Trinajstić information content (AvgIpc) is 3.51. The molecule has 0 saturated carbocycles. The minimum Gasteiger partial charge on any atom is -0.756 e. The first-order valence-corrected chi connectivity index (χ1v) is 34.3. The normalized spacial score (nSPS) is 14.6. The fraction of sp³-hybridized carbons (Fsp3) is 0.616. The minimum atomic E-state index is -4.73. The number of phosphoric acid groups is 1. The van der Waals surface area contributed by atoms with Gasteiger partial charge in [-0.1, -0.05) is 250 Å². The molecule has 470 valence electrons. The van der Waals surface area contributed by atoms with E-state index in [2.05, 4.69) is 172 Å². The quantitative estimate of drug-likeness (QED) is 0.0212. The molecule has 0 fully saturated rings. The van der Waals surface area contributed by atoms with Gasteiger partial charge in [-0.25, -0.2) is 0 Å². The van der Waals surface area contributed by atoms with E-state index in [1.807, 2.05) is 33.3 Å². The highest BCUT2D eigenvalue weighted by Gasteiger charge is 2.27. The van der Waals surface area contributed by atoms with E-state index in [0.29, 0.717) is 23.9 Å². The molecule has 0 aromatic heterocycles. The number of carbonyl (C=O) groups excluding carboxylic acids is 2. The summed E-state index contributed by atoms with van der Waals surface area (Å²) in [5.41, 5.74) is 0. The van der Waals surface area contributed by atoms with Crippen molar-refractivity contribution in [3.63, 3.8) is 0 Å². The Morgan fingerprint density at radius 1 is 0.434 bits per heavy atom. The van der Waals surface area contributed by atoms with Crippen molar-refractivity contribution in [1.82, 2.24) is 5.32 Å². The van der Waals surface area contributed by atoms with Crippen LogP contribution in [0.3, 0.4) is 0 Å². The molecule has 0 aromatic rings. The molecule has 10 heteroatoms. The van der Waals surface area contributed by atoms with Crippen LogP contribution in [0.2, 0.25) is 0 Å². The zero-order valence-electron chi connectivity index (χ0n) is 53.6. The van der Waals surface area contributed by atoms with Crippen LogP contribution >= 0.6 is 7.82 Å². The van der Waals surface area contributed by atoms with Gasteiger partial charge in [0, 0.05) is 12.8 Å². The molecule has 0 aliphatic carbocycles. The van der Waals surface area contributed by atoms with E-state index in [1.54, 1.807) is 0 Å². The zero-order valence-corrected chi connectivity index (χ0v) is 54.5. The van der Waals surface area contributed by atoms with Gasteiger partial charge in [0.25, 0.3) is 7.82 Å². The largest absolute Gasteiger partial charge is 0.756 e. The van der Waals surface area contributed by atoms with Crippen LogP contribution in [0.15, 0.2) is 158 Å². The van der Waals surface area contributed by atoms with Crippen molar-refractivity contribution in [1.29, 1.82) is 0 Å². The molecule has 1 amide bonds. The van der Waals surface area contributed by atoms with Crippen LogP contribution in [0.4, 0.5) is 0 Å². The van der Waals surface area contributed by atoms with E-state index in [9.17, 15) is 19.0 Å². The summed E-state index contributed by atoms with van der Waals surface area (Å²) < 4.78 is 30.3. The number of carbonyl (C=O) groups is 2. The summed E-state index contributed by atoms with van der Waals surface area (Å²) in [5.74, 6) is -0.613. The number of amides is 1. The number of rotatable bonds is 57. The van der Waals surface area contributed by atoms with Crippen LogP contribution in [0.25, 0.3) is 0 Å². The van der Waals surface area contributed by atoms with Crippen LogP contribution in [0, 0.1) is 0 Å². The highest BCUT2D eigenvalue weighted by molar-refractivity contribution is 7.45. The molecule has 0 aromatic carbocycles. The number of phosphoric ester groups is 1. The number of nitrogens with one attached hydrogen (secondary N) is 1. The van der Waals surface area contributed by atoms with Crippen LogP contribution in [-0.2, 0) is 27.9 Å². The second kappa shape index (κ2) is 60.7. The van der Waals surface area contributed by atoms with Gasteiger partial charge in [-0.05, 0) is 134 Å². The van der Waals surface area contributed by atoms with Crippen molar-refractivity contribution in [3.05, 3.63) is 158 Å². The summed E-state index contributed by atoms with van der Waals surface area (Å²) >= 11 is 0. The van der Waals surface area contributed by atoms with E-state index in [-0.39, 0.29) is 31.3 Å². The molecule has 3 atom stereocenters. The van der Waals surface area contributed by atoms with Gasteiger partial charge in [0.05, 0.1) is 33.8 Å². The maximum Gasteiger partial charge on any atom is 0.306 e. The van der Waals surface area contributed by atoms with Crippen molar-refractivity contribution in [3.8, 4) is 0 Å². The third kappa shape index (κ3) is 62.0. The molecule has 0 heterocycles. The molecule has 0 spiro atoms. The van der Waals surface area contributed by atoms with Gasteiger partial charge in [0.15, 0.2) is 0 Å². The monoisotopic (exact) mass is 1170 g/mol. The third-order valence-corrected chi connectivity index (χ3v) is 14.4. The number of allylic oxidation sites excluding steroid dienone is 25. The molecule has 83 heavy (non-hydrogen) atoms. The second-order valence-electron chi connectivity index (χ2n) is 22.5. The van der Waals surface area contributed by atoms with Gasteiger partial charge >= 0.3 is 5.97 Å². The summed E-state index contributed by atoms with van der Waals surface area (Å²) in [7, 11) is 1.12. The maximum atomic E-state index is 13.6. The summed E-state index contributed by atoms with van der Waals surface area (Å²) in [6.07, 6.45) is 89.3. The Balaban J connectivity index is 5.28. The molecule has 0 radical (unpaired) electrons. The highest BCUT2D eigenvalue weighted by atomic mass is 31.2. The van der Waals surface area contributed by atoms with E-state index >= 15 is 0 Å². The number of likely N-dealkylation sites (N-methyl/N-ethyl adjacent to an activating group) is 1. The molecular formula is C73H121N2O7P. The lowest BCUT2D eigenvalue weighted by Gasteiger charge is -2.30. The molecule has 0 saturated heterocycles. The van der Waals surface area contributed by atoms with Gasteiger partial charge < -0.3 is 28.5 Å². The molecule has 0 rings (SSSR count). The van der Waals surface area contributed by atoms with Crippen molar-refractivity contribution < 1.29 is 37.3 Å². The number of unbranched alkanes of at least 4 members (excludes halogenated alkanes) is 17. The molecule has 3 unspecified atom stereocenters. The molecule has 0 aliphatic rings. The Kier molecular flexibility index (Phi) is 57.5. The van der Waals surface area contributed by atoms with Crippen molar-refractivity contribution >= 4 is 19.7 Å².